The molecule has 4 N–H and O–H groups in total. The van der Waals surface area contributed by atoms with Crippen LogP contribution in [0.5, 0.6) is 0 Å². The van der Waals surface area contributed by atoms with E-state index >= 15 is 0 Å². The zero-order valence-electron chi connectivity index (χ0n) is 2.50. The van der Waals surface area contributed by atoms with E-state index in [1.807, 2.05) is 0 Å². The van der Waals surface area contributed by atoms with Crippen molar-refractivity contribution in [3.63, 3.8) is 0 Å². The fraction of sp³-hybridized carbons (Fsp3) is 0. The number of hydrogen-bond acceptors (Lipinski definition) is 0. The van der Waals surface area contributed by atoms with E-state index in [0.29, 0.717) is 0 Å². The van der Waals surface area contributed by atoms with Gasteiger partial charge in [-0.15, -0.1) is 0 Å². The zero-order valence-corrected chi connectivity index (χ0v) is 6.96. The molecule has 0 aromatic heterocycles. The predicted octanol–water partition coefficient (Wildman–Crippen LogP) is -2.57. The van der Waals surface area contributed by atoms with Crippen LogP contribution in [0.3, 0.4) is 0 Å². The van der Waals surface area contributed by atoms with Gasteiger partial charge in [-0.05, 0) is 0 Å². The first-order chi connectivity index (χ1) is 0. The largest absolute Gasteiger partial charge is 0.412 e. The van der Waals surface area contributed by atoms with E-state index in [2.05, 4.69) is 0 Å². The first-order valence-corrected chi connectivity index (χ1v) is 0. The third-order valence-corrected chi connectivity index (χ3v) is 0. The first kappa shape index (κ1) is 56.2. The van der Waals surface area contributed by atoms with Crippen LogP contribution in [0, 0.1) is 0 Å². The van der Waals surface area contributed by atoms with Gasteiger partial charge in [0.05, 0.1) is 0 Å². The smallest absolute Gasteiger partial charge is 0.146 e. The van der Waals surface area contributed by atoms with Crippen LogP contribution >= 0.6 is 0 Å². The summed E-state index contributed by atoms with van der Waals surface area (Å²) in [4.78, 5) is 0. The summed E-state index contributed by atoms with van der Waals surface area (Å²) in [5, 5.41) is 0. The molecular formula is H6AlO2Zr. The SMILES string of the molecule is O.O.[AlH2].[Zr]. The van der Waals surface area contributed by atoms with Crippen molar-refractivity contribution in [2.75, 3.05) is 0 Å². The van der Waals surface area contributed by atoms with Gasteiger partial charge in [-0.1, -0.05) is 0 Å². The molecule has 0 atom stereocenters. The van der Waals surface area contributed by atoms with E-state index < -0.39 is 0 Å². The van der Waals surface area contributed by atoms with E-state index in [4.69, 9.17) is 0 Å². The maximum absolute atomic E-state index is 0. The molecule has 0 spiro atoms. The molecule has 2 nitrogen and oxygen atoms in total. The van der Waals surface area contributed by atoms with Crippen molar-refractivity contribution in [3.05, 3.63) is 0 Å². The summed E-state index contributed by atoms with van der Waals surface area (Å²) in [5.41, 5.74) is 0. The van der Waals surface area contributed by atoms with Crippen LogP contribution in [0.15, 0.2) is 0 Å². The van der Waals surface area contributed by atoms with E-state index in [1.54, 1.807) is 0 Å². The molecule has 0 aromatic carbocycles. The molecule has 25 valence electrons. The summed E-state index contributed by atoms with van der Waals surface area (Å²) in [6, 6.07) is 0. The normalized spacial score (nSPS) is 0. The minimum Gasteiger partial charge on any atom is -0.412 e. The Balaban J connectivity index is 0. The molecule has 0 aliphatic rings. The average Bonchev–Trinajstić information content (AvgIpc) is 0. The summed E-state index contributed by atoms with van der Waals surface area (Å²) in [7, 11) is 0. The van der Waals surface area contributed by atoms with Gasteiger partial charge in [0, 0.05) is 26.2 Å². The Morgan fingerprint density at radius 1 is 0.750 bits per heavy atom. The van der Waals surface area contributed by atoms with E-state index in [-0.39, 0.29) is 54.5 Å². The molecule has 0 saturated heterocycles. The Bertz CT molecular complexity index is 6.00. The molecule has 0 amide bonds. The Hall–Kier alpha value is 1.34. The van der Waals surface area contributed by atoms with Crippen LogP contribution in [0.25, 0.3) is 0 Å². The van der Waals surface area contributed by atoms with Crippen molar-refractivity contribution in [2.24, 2.45) is 0 Å². The number of rotatable bonds is 0. The molecule has 0 rings (SSSR count). The molecule has 0 heterocycles. The Morgan fingerprint density at radius 2 is 0.750 bits per heavy atom. The monoisotopic (exact) mass is 155 g/mol. The van der Waals surface area contributed by atoms with Crippen molar-refractivity contribution in [2.45, 2.75) is 0 Å². The molecule has 0 aromatic rings. The second kappa shape index (κ2) is 27.0. The Labute approximate surface area is 54.5 Å². The van der Waals surface area contributed by atoms with Crippen molar-refractivity contribution < 1.29 is 37.2 Å². The summed E-state index contributed by atoms with van der Waals surface area (Å²) < 4.78 is 0. The summed E-state index contributed by atoms with van der Waals surface area (Å²) >= 11 is 0. The van der Waals surface area contributed by atoms with Crippen LogP contribution in [0.2, 0.25) is 0 Å². The van der Waals surface area contributed by atoms with Crippen molar-refractivity contribution >= 4 is 17.4 Å². The summed E-state index contributed by atoms with van der Waals surface area (Å²) in [6.45, 7) is 0. The molecule has 0 saturated carbocycles. The first-order valence-electron chi connectivity index (χ1n) is 0. The second-order valence-electron chi connectivity index (χ2n) is 0. The fourth-order valence-electron chi connectivity index (χ4n) is 0. The fourth-order valence-corrected chi connectivity index (χ4v) is 0. The molecule has 4 heavy (non-hydrogen) atoms. The topological polar surface area (TPSA) is 63.0 Å². The van der Waals surface area contributed by atoms with Gasteiger partial charge in [0.1, 0.15) is 17.4 Å². The van der Waals surface area contributed by atoms with Gasteiger partial charge in [-0.3, -0.25) is 0 Å². The van der Waals surface area contributed by atoms with Crippen LogP contribution in [0.1, 0.15) is 0 Å². The molecule has 0 bridgehead atoms. The van der Waals surface area contributed by atoms with Gasteiger partial charge in [0.2, 0.25) is 0 Å². The van der Waals surface area contributed by atoms with Crippen LogP contribution in [-0.2, 0) is 26.2 Å². The second-order valence-corrected chi connectivity index (χ2v) is 0. The molecule has 0 aliphatic carbocycles. The number of hydrogen-bond donors (Lipinski definition) is 0. The van der Waals surface area contributed by atoms with Gasteiger partial charge >= 0.3 is 0 Å². The van der Waals surface area contributed by atoms with E-state index in [1.165, 1.54) is 0 Å². The Morgan fingerprint density at radius 3 is 0.750 bits per heavy atom. The standard InChI is InChI=1S/Al.2H2O.Zr.2H/h;2*1H2;;;. The summed E-state index contributed by atoms with van der Waals surface area (Å²) in [5.74, 6) is 0. The van der Waals surface area contributed by atoms with Crippen molar-refractivity contribution in [1.29, 1.82) is 0 Å². The van der Waals surface area contributed by atoms with Crippen LogP contribution < -0.4 is 0 Å². The van der Waals surface area contributed by atoms with Gasteiger partial charge in [-0.25, -0.2) is 0 Å². The molecule has 0 fully saturated rings. The third-order valence-electron chi connectivity index (χ3n) is 0. The molecule has 0 unspecified atom stereocenters. The van der Waals surface area contributed by atoms with Gasteiger partial charge in [-0.2, -0.15) is 0 Å². The molecular weight excluding hydrogens is 150 g/mol. The summed E-state index contributed by atoms with van der Waals surface area (Å²) in [6.07, 6.45) is 0. The van der Waals surface area contributed by atoms with Gasteiger partial charge in [0.25, 0.3) is 0 Å². The zero-order chi connectivity index (χ0) is 0. The minimum absolute atomic E-state index is 0. The maximum atomic E-state index is 0. The van der Waals surface area contributed by atoms with Gasteiger partial charge in [0.15, 0.2) is 0 Å². The molecule has 1 radical (unpaired) electrons. The third kappa shape index (κ3) is 10.2. The average molecular weight is 156 g/mol. The Kier molecular flexibility index (Phi) is 380. The maximum Gasteiger partial charge on any atom is 0.146 e. The van der Waals surface area contributed by atoms with Crippen molar-refractivity contribution in [3.8, 4) is 0 Å². The van der Waals surface area contributed by atoms with Gasteiger partial charge < -0.3 is 11.0 Å². The van der Waals surface area contributed by atoms with E-state index in [9.17, 15) is 0 Å². The quantitative estimate of drug-likeness (QED) is 0.346. The van der Waals surface area contributed by atoms with E-state index in [0.717, 1.165) is 0 Å². The van der Waals surface area contributed by atoms with Crippen molar-refractivity contribution in [1.82, 2.24) is 0 Å². The predicted molar refractivity (Wildman–Crippen MR) is 15.8 cm³/mol. The van der Waals surface area contributed by atoms with Crippen LogP contribution in [0.4, 0.5) is 0 Å². The molecule has 4 heteroatoms. The minimum atomic E-state index is 0. The molecule has 0 aliphatic heterocycles. The van der Waals surface area contributed by atoms with Crippen LogP contribution in [-0.4, -0.2) is 28.3 Å².